The van der Waals surface area contributed by atoms with Gasteiger partial charge in [0.05, 0.1) is 12.1 Å². The minimum atomic E-state index is 0.185. The summed E-state index contributed by atoms with van der Waals surface area (Å²) in [5, 5.41) is 13.0. The van der Waals surface area contributed by atoms with Gasteiger partial charge in [-0.3, -0.25) is 4.90 Å². The van der Waals surface area contributed by atoms with Crippen molar-refractivity contribution >= 4 is 0 Å². The Morgan fingerprint density at radius 1 is 0.958 bits per heavy atom. The number of rotatable bonds is 4. The molecule has 4 rings (SSSR count). The molecule has 2 aliphatic rings. The first kappa shape index (κ1) is 15.8. The molecule has 1 aromatic carbocycles. The summed E-state index contributed by atoms with van der Waals surface area (Å²) in [7, 11) is 0. The van der Waals surface area contributed by atoms with Crippen molar-refractivity contribution < 1.29 is 0 Å². The van der Waals surface area contributed by atoms with Crippen LogP contribution in [-0.2, 0) is 0 Å². The van der Waals surface area contributed by atoms with Gasteiger partial charge in [0.15, 0.2) is 5.82 Å². The average Bonchev–Trinajstić information content (AvgIpc) is 3.30. The molecule has 1 aliphatic carbocycles. The summed E-state index contributed by atoms with van der Waals surface area (Å²) in [6, 6.07) is 9.56. The van der Waals surface area contributed by atoms with Gasteiger partial charge in [-0.2, -0.15) is 0 Å². The molecule has 0 spiro atoms. The lowest BCUT2D eigenvalue weighted by Crippen LogP contribution is -2.30. The molecule has 2 heterocycles. The van der Waals surface area contributed by atoms with E-state index in [4.69, 9.17) is 0 Å². The van der Waals surface area contributed by atoms with E-state index in [0.717, 1.165) is 18.9 Å². The molecule has 128 valence electrons. The summed E-state index contributed by atoms with van der Waals surface area (Å²) < 4.78 is 2.14. The lowest BCUT2D eigenvalue weighted by atomic mass is 9.95. The van der Waals surface area contributed by atoms with E-state index in [-0.39, 0.29) is 6.04 Å². The zero-order chi connectivity index (χ0) is 16.4. The fourth-order valence-electron chi connectivity index (χ4n) is 4.24. The second-order valence-electron chi connectivity index (χ2n) is 7.33. The van der Waals surface area contributed by atoms with Crippen LogP contribution >= 0.6 is 0 Å². The maximum atomic E-state index is 4.50. The standard InChI is InChI=1S/C19H27N5/c1-15-9-11-16(12-10-15)18(23-13-5-6-14-23)19-20-21-22-24(19)17-7-3-2-4-8-17/h9-12,17-18H,2-8,13-14H2,1H3. The van der Waals surface area contributed by atoms with Gasteiger partial charge in [0.2, 0.25) is 0 Å². The zero-order valence-electron chi connectivity index (χ0n) is 14.6. The van der Waals surface area contributed by atoms with Crippen molar-refractivity contribution in [2.24, 2.45) is 0 Å². The van der Waals surface area contributed by atoms with Crippen molar-refractivity contribution in [1.29, 1.82) is 0 Å². The molecule has 2 aromatic rings. The van der Waals surface area contributed by atoms with Crippen molar-refractivity contribution in [2.45, 2.75) is 64.0 Å². The number of hydrogen-bond acceptors (Lipinski definition) is 4. The van der Waals surface area contributed by atoms with Gasteiger partial charge in [0, 0.05) is 0 Å². The molecule has 1 aliphatic heterocycles. The molecule has 1 saturated carbocycles. The van der Waals surface area contributed by atoms with E-state index in [1.54, 1.807) is 0 Å². The number of tetrazole rings is 1. The SMILES string of the molecule is Cc1ccc(C(c2nnnn2C2CCCCC2)N2CCCC2)cc1. The quantitative estimate of drug-likeness (QED) is 0.860. The highest BCUT2D eigenvalue weighted by atomic mass is 15.6. The summed E-state index contributed by atoms with van der Waals surface area (Å²) >= 11 is 0. The molecule has 0 bridgehead atoms. The zero-order valence-corrected chi connectivity index (χ0v) is 14.6. The van der Waals surface area contributed by atoms with Gasteiger partial charge in [-0.15, -0.1) is 5.10 Å². The number of aromatic nitrogens is 4. The average molecular weight is 325 g/mol. The second kappa shape index (κ2) is 7.01. The molecular weight excluding hydrogens is 298 g/mol. The number of hydrogen-bond donors (Lipinski definition) is 0. The van der Waals surface area contributed by atoms with Crippen molar-refractivity contribution in [3.05, 3.63) is 41.2 Å². The Kier molecular flexibility index (Phi) is 4.60. The normalized spacial score (nSPS) is 21.2. The number of aryl methyl sites for hydroxylation is 1. The van der Waals surface area contributed by atoms with Gasteiger partial charge in [0.25, 0.3) is 0 Å². The fraction of sp³-hybridized carbons (Fsp3) is 0.632. The minimum absolute atomic E-state index is 0.185. The molecule has 2 fully saturated rings. The number of likely N-dealkylation sites (tertiary alicyclic amines) is 1. The molecular formula is C19H27N5. The molecule has 24 heavy (non-hydrogen) atoms. The summed E-state index contributed by atoms with van der Waals surface area (Å²) in [6.45, 7) is 4.41. The molecule has 0 N–H and O–H groups in total. The van der Waals surface area contributed by atoms with E-state index in [1.807, 2.05) is 0 Å². The summed E-state index contributed by atoms with van der Waals surface area (Å²) in [5.74, 6) is 1.03. The fourth-order valence-corrected chi connectivity index (χ4v) is 4.24. The van der Waals surface area contributed by atoms with E-state index < -0.39 is 0 Å². The molecule has 0 amide bonds. The minimum Gasteiger partial charge on any atom is -0.290 e. The molecule has 1 aromatic heterocycles. The molecule has 0 radical (unpaired) electrons. The third-order valence-electron chi connectivity index (χ3n) is 5.58. The van der Waals surface area contributed by atoms with Crippen LogP contribution in [0.5, 0.6) is 0 Å². The van der Waals surface area contributed by atoms with Crippen molar-refractivity contribution in [3.63, 3.8) is 0 Å². The van der Waals surface area contributed by atoms with Crippen LogP contribution < -0.4 is 0 Å². The number of nitrogens with zero attached hydrogens (tertiary/aromatic N) is 5. The highest BCUT2D eigenvalue weighted by molar-refractivity contribution is 5.28. The Balaban J connectivity index is 1.71. The Bertz CT molecular complexity index is 651. The van der Waals surface area contributed by atoms with E-state index in [9.17, 15) is 0 Å². The van der Waals surface area contributed by atoms with Crippen LogP contribution in [0.3, 0.4) is 0 Å². The predicted octanol–water partition coefficient (Wildman–Crippen LogP) is 3.67. The molecule has 5 heteroatoms. The van der Waals surface area contributed by atoms with E-state index in [1.165, 1.54) is 56.1 Å². The molecule has 1 saturated heterocycles. The molecule has 1 unspecified atom stereocenters. The summed E-state index contributed by atoms with van der Waals surface area (Å²) in [4.78, 5) is 2.55. The first-order valence-electron chi connectivity index (χ1n) is 9.41. The van der Waals surface area contributed by atoms with Gasteiger partial charge in [-0.1, -0.05) is 49.1 Å². The van der Waals surface area contributed by atoms with Gasteiger partial charge < -0.3 is 0 Å². The van der Waals surface area contributed by atoms with Crippen molar-refractivity contribution in [1.82, 2.24) is 25.1 Å². The van der Waals surface area contributed by atoms with Crippen LogP contribution in [0.25, 0.3) is 0 Å². The first-order valence-corrected chi connectivity index (χ1v) is 9.41. The van der Waals surface area contributed by atoms with Crippen LogP contribution in [0.2, 0.25) is 0 Å². The van der Waals surface area contributed by atoms with Gasteiger partial charge in [0.1, 0.15) is 0 Å². The Morgan fingerprint density at radius 3 is 2.38 bits per heavy atom. The Labute approximate surface area is 144 Å². The lowest BCUT2D eigenvalue weighted by molar-refractivity contribution is 0.244. The van der Waals surface area contributed by atoms with Crippen LogP contribution in [-0.4, -0.2) is 38.2 Å². The van der Waals surface area contributed by atoms with Crippen molar-refractivity contribution in [3.8, 4) is 0 Å². The van der Waals surface area contributed by atoms with Crippen LogP contribution in [0.15, 0.2) is 24.3 Å². The van der Waals surface area contributed by atoms with Crippen LogP contribution in [0.4, 0.5) is 0 Å². The summed E-state index contributed by atoms with van der Waals surface area (Å²) in [6.07, 6.45) is 8.89. The Hall–Kier alpha value is -1.75. The largest absolute Gasteiger partial charge is 0.290 e. The topological polar surface area (TPSA) is 46.8 Å². The smallest absolute Gasteiger partial charge is 0.173 e. The Morgan fingerprint density at radius 2 is 1.67 bits per heavy atom. The van der Waals surface area contributed by atoms with Gasteiger partial charge >= 0.3 is 0 Å². The van der Waals surface area contributed by atoms with Crippen LogP contribution in [0.1, 0.15) is 74.0 Å². The van der Waals surface area contributed by atoms with Gasteiger partial charge in [-0.05, 0) is 61.7 Å². The third kappa shape index (κ3) is 3.09. The highest BCUT2D eigenvalue weighted by Gasteiger charge is 2.31. The maximum absolute atomic E-state index is 4.50. The van der Waals surface area contributed by atoms with E-state index in [0.29, 0.717) is 6.04 Å². The molecule has 1 atom stereocenters. The highest BCUT2D eigenvalue weighted by Crippen LogP contribution is 2.34. The van der Waals surface area contributed by atoms with Crippen molar-refractivity contribution in [2.75, 3.05) is 13.1 Å². The monoisotopic (exact) mass is 325 g/mol. The first-order chi connectivity index (χ1) is 11.8. The molecule has 5 nitrogen and oxygen atoms in total. The summed E-state index contributed by atoms with van der Waals surface area (Å²) in [5.41, 5.74) is 2.61. The maximum Gasteiger partial charge on any atom is 0.173 e. The predicted molar refractivity (Wildman–Crippen MR) is 93.8 cm³/mol. The lowest BCUT2D eigenvalue weighted by Gasteiger charge is -2.30. The second-order valence-corrected chi connectivity index (χ2v) is 7.33. The third-order valence-corrected chi connectivity index (χ3v) is 5.58. The number of benzene rings is 1. The van der Waals surface area contributed by atoms with Gasteiger partial charge in [-0.25, -0.2) is 4.68 Å². The van der Waals surface area contributed by atoms with Crippen LogP contribution in [0, 0.1) is 6.92 Å². The van der Waals surface area contributed by atoms with E-state index >= 15 is 0 Å². The van der Waals surface area contributed by atoms with E-state index in [2.05, 4.69) is 56.3 Å².